The standard InChI is InChI=1S/C15H9NO2/c16-10-11-4-1-2-5-12(11)13-7-9-18-15(13)14-6-3-8-17-14/h1-9H. The Morgan fingerprint density at radius 1 is 0.833 bits per heavy atom. The van der Waals surface area contributed by atoms with E-state index in [0.717, 1.165) is 11.1 Å². The van der Waals surface area contributed by atoms with Crippen LogP contribution in [0.25, 0.3) is 22.6 Å². The van der Waals surface area contributed by atoms with Crippen LogP contribution in [0.1, 0.15) is 5.56 Å². The number of hydrogen-bond acceptors (Lipinski definition) is 3. The van der Waals surface area contributed by atoms with Gasteiger partial charge in [0.25, 0.3) is 0 Å². The molecule has 86 valence electrons. The minimum atomic E-state index is 0.617. The summed E-state index contributed by atoms with van der Waals surface area (Å²) in [6.07, 6.45) is 3.19. The van der Waals surface area contributed by atoms with E-state index in [-0.39, 0.29) is 0 Å². The highest BCUT2D eigenvalue weighted by atomic mass is 16.4. The molecule has 0 aliphatic carbocycles. The van der Waals surface area contributed by atoms with Crippen LogP contribution >= 0.6 is 0 Å². The van der Waals surface area contributed by atoms with Gasteiger partial charge in [0.05, 0.1) is 24.2 Å². The first kappa shape index (κ1) is 10.4. The van der Waals surface area contributed by atoms with Gasteiger partial charge in [0.2, 0.25) is 0 Å². The summed E-state index contributed by atoms with van der Waals surface area (Å²) in [6.45, 7) is 0. The Bertz CT molecular complexity index is 702. The summed E-state index contributed by atoms with van der Waals surface area (Å²) >= 11 is 0. The highest BCUT2D eigenvalue weighted by Crippen LogP contribution is 2.34. The molecule has 2 aromatic heterocycles. The van der Waals surface area contributed by atoms with Gasteiger partial charge < -0.3 is 8.83 Å². The molecule has 0 amide bonds. The van der Waals surface area contributed by atoms with Gasteiger partial charge in [-0.05, 0) is 24.3 Å². The van der Waals surface area contributed by atoms with Gasteiger partial charge in [0.15, 0.2) is 11.5 Å². The third kappa shape index (κ3) is 1.61. The van der Waals surface area contributed by atoms with Crippen molar-refractivity contribution < 1.29 is 8.83 Å². The molecule has 0 unspecified atom stereocenters. The minimum absolute atomic E-state index is 0.617. The summed E-state index contributed by atoms with van der Waals surface area (Å²) in [7, 11) is 0. The Morgan fingerprint density at radius 3 is 2.50 bits per heavy atom. The lowest BCUT2D eigenvalue weighted by Gasteiger charge is -2.02. The van der Waals surface area contributed by atoms with E-state index in [1.165, 1.54) is 0 Å². The molecule has 0 atom stereocenters. The molecule has 3 rings (SSSR count). The molecule has 18 heavy (non-hydrogen) atoms. The lowest BCUT2D eigenvalue weighted by atomic mass is 10.0. The number of hydrogen-bond donors (Lipinski definition) is 0. The smallest absolute Gasteiger partial charge is 0.176 e. The predicted octanol–water partition coefficient (Wildman–Crippen LogP) is 4.08. The highest BCUT2D eigenvalue weighted by molar-refractivity contribution is 5.80. The fraction of sp³-hybridized carbons (Fsp3) is 0. The third-order valence-corrected chi connectivity index (χ3v) is 2.75. The third-order valence-electron chi connectivity index (χ3n) is 2.75. The average molecular weight is 235 g/mol. The van der Waals surface area contributed by atoms with Crippen LogP contribution in [-0.2, 0) is 0 Å². The van der Waals surface area contributed by atoms with Crippen molar-refractivity contribution in [2.45, 2.75) is 0 Å². The zero-order valence-electron chi connectivity index (χ0n) is 9.46. The average Bonchev–Trinajstić information content (AvgIpc) is 3.09. The molecule has 0 radical (unpaired) electrons. The molecule has 3 nitrogen and oxygen atoms in total. The van der Waals surface area contributed by atoms with Crippen molar-refractivity contribution in [3.05, 3.63) is 60.6 Å². The second-order valence-electron chi connectivity index (χ2n) is 3.80. The van der Waals surface area contributed by atoms with E-state index in [9.17, 15) is 0 Å². The van der Waals surface area contributed by atoms with E-state index >= 15 is 0 Å². The van der Waals surface area contributed by atoms with E-state index in [1.807, 2.05) is 30.3 Å². The van der Waals surface area contributed by atoms with Crippen molar-refractivity contribution in [3.8, 4) is 28.7 Å². The van der Waals surface area contributed by atoms with Gasteiger partial charge in [0, 0.05) is 11.1 Å². The fourth-order valence-electron chi connectivity index (χ4n) is 1.94. The zero-order chi connectivity index (χ0) is 12.4. The molecule has 0 saturated carbocycles. The molecule has 0 bridgehead atoms. The van der Waals surface area contributed by atoms with E-state index in [4.69, 9.17) is 14.1 Å². The van der Waals surface area contributed by atoms with Crippen molar-refractivity contribution in [1.29, 1.82) is 5.26 Å². The molecule has 2 heterocycles. The number of nitrogens with zero attached hydrogens (tertiary/aromatic N) is 1. The highest BCUT2D eigenvalue weighted by Gasteiger charge is 2.15. The number of benzene rings is 1. The molecule has 0 saturated heterocycles. The molecular weight excluding hydrogens is 226 g/mol. The van der Waals surface area contributed by atoms with Gasteiger partial charge in [0.1, 0.15) is 0 Å². The molecule has 0 spiro atoms. The number of nitriles is 1. The van der Waals surface area contributed by atoms with Gasteiger partial charge in [-0.3, -0.25) is 0 Å². The molecule has 0 aliphatic heterocycles. The van der Waals surface area contributed by atoms with Gasteiger partial charge in [-0.15, -0.1) is 0 Å². The summed E-state index contributed by atoms with van der Waals surface area (Å²) in [5.74, 6) is 1.30. The molecular formula is C15H9NO2. The molecule has 0 fully saturated rings. The van der Waals surface area contributed by atoms with Crippen molar-refractivity contribution in [2.24, 2.45) is 0 Å². The van der Waals surface area contributed by atoms with Crippen LogP contribution in [0, 0.1) is 11.3 Å². The van der Waals surface area contributed by atoms with Crippen LogP contribution in [0.2, 0.25) is 0 Å². The molecule has 0 N–H and O–H groups in total. The summed E-state index contributed by atoms with van der Waals surface area (Å²) in [4.78, 5) is 0. The lowest BCUT2D eigenvalue weighted by molar-refractivity contribution is 0.525. The Labute approximate surface area is 104 Å². The van der Waals surface area contributed by atoms with Crippen LogP contribution < -0.4 is 0 Å². The molecule has 1 aromatic carbocycles. The van der Waals surface area contributed by atoms with Crippen LogP contribution in [-0.4, -0.2) is 0 Å². The van der Waals surface area contributed by atoms with Crippen molar-refractivity contribution in [1.82, 2.24) is 0 Å². The zero-order valence-corrected chi connectivity index (χ0v) is 9.46. The number of furan rings is 2. The summed E-state index contributed by atoms with van der Waals surface area (Å²) in [6, 6.07) is 15.1. The van der Waals surface area contributed by atoms with Crippen molar-refractivity contribution >= 4 is 0 Å². The Hall–Kier alpha value is -2.73. The Balaban J connectivity index is 2.20. The summed E-state index contributed by atoms with van der Waals surface area (Å²) < 4.78 is 10.8. The molecule has 3 aromatic rings. The normalized spacial score (nSPS) is 10.2. The van der Waals surface area contributed by atoms with Crippen LogP contribution in [0.5, 0.6) is 0 Å². The lowest BCUT2D eigenvalue weighted by Crippen LogP contribution is -1.83. The van der Waals surface area contributed by atoms with Crippen LogP contribution in [0.3, 0.4) is 0 Å². The monoisotopic (exact) mass is 235 g/mol. The van der Waals surface area contributed by atoms with Gasteiger partial charge in [-0.2, -0.15) is 5.26 Å². The van der Waals surface area contributed by atoms with Gasteiger partial charge >= 0.3 is 0 Å². The maximum Gasteiger partial charge on any atom is 0.176 e. The minimum Gasteiger partial charge on any atom is -0.461 e. The SMILES string of the molecule is N#Cc1ccccc1-c1ccoc1-c1ccco1. The van der Waals surface area contributed by atoms with E-state index in [1.54, 1.807) is 24.7 Å². The second kappa shape index (κ2) is 4.27. The van der Waals surface area contributed by atoms with E-state index < -0.39 is 0 Å². The molecule has 0 aliphatic rings. The maximum atomic E-state index is 9.13. The van der Waals surface area contributed by atoms with Crippen molar-refractivity contribution in [2.75, 3.05) is 0 Å². The first-order valence-electron chi connectivity index (χ1n) is 5.51. The summed E-state index contributed by atoms with van der Waals surface area (Å²) in [5.41, 5.74) is 2.33. The first-order valence-corrected chi connectivity index (χ1v) is 5.51. The van der Waals surface area contributed by atoms with Crippen molar-refractivity contribution in [3.63, 3.8) is 0 Å². The Kier molecular flexibility index (Phi) is 2.47. The van der Waals surface area contributed by atoms with Gasteiger partial charge in [-0.1, -0.05) is 18.2 Å². The first-order chi connectivity index (χ1) is 8.90. The van der Waals surface area contributed by atoms with Gasteiger partial charge in [-0.25, -0.2) is 0 Å². The summed E-state index contributed by atoms with van der Waals surface area (Å²) in [5, 5.41) is 9.13. The largest absolute Gasteiger partial charge is 0.461 e. The fourth-order valence-corrected chi connectivity index (χ4v) is 1.94. The second-order valence-corrected chi connectivity index (χ2v) is 3.80. The predicted molar refractivity (Wildman–Crippen MR) is 66.6 cm³/mol. The quantitative estimate of drug-likeness (QED) is 0.672. The Morgan fingerprint density at radius 2 is 1.72 bits per heavy atom. The topological polar surface area (TPSA) is 50.1 Å². The molecule has 3 heteroatoms. The van der Waals surface area contributed by atoms with E-state index in [2.05, 4.69) is 6.07 Å². The van der Waals surface area contributed by atoms with Crippen LogP contribution in [0.15, 0.2) is 63.8 Å². The maximum absolute atomic E-state index is 9.13. The van der Waals surface area contributed by atoms with E-state index in [0.29, 0.717) is 17.1 Å². The van der Waals surface area contributed by atoms with Crippen LogP contribution in [0.4, 0.5) is 0 Å². The number of rotatable bonds is 2.